The summed E-state index contributed by atoms with van der Waals surface area (Å²) in [5.74, 6) is -0.0631. The van der Waals surface area contributed by atoms with Crippen molar-refractivity contribution < 1.29 is 9.53 Å². The Morgan fingerprint density at radius 2 is 0.730 bits per heavy atom. The van der Waals surface area contributed by atoms with Gasteiger partial charge in [0.05, 0.1) is 5.56 Å². The third kappa shape index (κ3) is 10.1. The van der Waals surface area contributed by atoms with Gasteiger partial charge in [-0.05, 0) is 102 Å². The first-order valence-electron chi connectivity index (χ1n) is 22.2. The number of rotatable bonds is 15. The predicted molar refractivity (Wildman–Crippen MR) is 269 cm³/mol. The van der Waals surface area contributed by atoms with E-state index in [0.29, 0.717) is 5.56 Å². The van der Waals surface area contributed by atoms with Gasteiger partial charge < -0.3 is 34.1 Å². The maximum absolute atomic E-state index is 13.4. The first-order valence-corrected chi connectivity index (χ1v) is 22.2. The van der Waals surface area contributed by atoms with Crippen LogP contribution in [0.15, 0.2) is 140 Å². The monoisotopic (exact) mass is 845 g/mol. The number of cyclic esters (lactones) is 1. The molecule has 63 heavy (non-hydrogen) atoms. The SMILES string of the molecule is CCCN(CCC)c1ccc2c(c1)C(=O)OC2(c1ccc(N(C)C)cc1)c1ccc(N(C)C)cc1.CN(C)c1ccc(C(c2ccc(N(C)C)cc2)c2ccc(N(C)C)cc2)cc1. The minimum absolute atomic E-state index is 0.212. The van der Waals surface area contributed by atoms with Gasteiger partial charge in [-0.1, -0.05) is 80.6 Å². The molecule has 0 saturated carbocycles. The summed E-state index contributed by atoms with van der Waals surface area (Å²) in [5.41, 5.74) is 13.3. The molecule has 0 radical (unpaired) electrons. The number of benzene rings is 6. The molecule has 6 aromatic carbocycles. The van der Waals surface area contributed by atoms with E-state index in [1.54, 1.807) is 0 Å². The molecule has 0 bridgehead atoms. The third-order valence-corrected chi connectivity index (χ3v) is 12.0. The summed E-state index contributed by atoms with van der Waals surface area (Å²) >= 11 is 0. The number of nitrogens with zero attached hydrogens (tertiary/aromatic N) is 6. The highest BCUT2D eigenvalue weighted by Crippen LogP contribution is 2.48. The van der Waals surface area contributed by atoms with Crippen LogP contribution in [0.4, 0.5) is 34.1 Å². The van der Waals surface area contributed by atoms with Gasteiger partial charge in [0.25, 0.3) is 0 Å². The van der Waals surface area contributed by atoms with E-state index in [0.717, 1.165) is 59.7 Å². The Labute approximate surface area is 377 Å². The molecule has 1 aliphatic heterocycles. The topological polar surface area (TPSA) is 45.7 Å². The van der Waals surface area contributed by atoms with Crippen LogP contribution in [0.1, 0.15) is 76.3 Å². The quantitative estimate of drug-likeness (QED) is 0.0748. The highest BCUT2D eigenvalue weighted by Gasteiger charge is 2.48. The molecule has 0 unspecified atom stereocenters. The largest absolute Gasteiger partial charge is 0.441 e. The predicted octanol–water partition coefficient (Wildman–Crippen LogP) is 11.0. The molecule has 0 spiro atoms. The van der Waals surface area contributed by atoms with E-state index in [4.69, 9.17) is 4.74 Å². The van der Waals surface area contributed by atoms with Crippen molar-refractivity contribution in [3.8, 4) is 0 Å². The summed E-state index contributed by atoms with van der Waals surface area (Å²) in [6.07, 6.45) is 2.11. The van der Waals surface area contributed by atoms with Crippen LogP contribution in [-0.4, -0.2) is 89.5 Å². The second kappa shape index (κ2) is 20.2. The van der Waals surface area contributed by atoms with Gasteiger partial charge in [0.15, 0.2) is 5.60 Å². The Morgan fingerprint density at radius 1 is 0.429 bits per heavy atom. The van der Waals surface area contributed by atoms with Crippen molar-refractivity contribution in [2.75, 3.05) is 113 Å². The second-order valence-corrected chi connectivity index (χ2v) is 17.6. The number of fused-ring (bicyclic) bond motifs is 1. The van der Waals surface area contributed by atoms with Gasteiger partial charge in [0.2, 0.25) is 0 Å². The van der Waals surface area contributed by atoms with Crippen LogP contribution in [0.3, 0.4) is 0 Å². The van der Waals surface area contributed by atoms with Gasteiger partial charge in [-0.2, -0.15) is 0 Å². The lowest BCUT2D eigenvalue weighted by atomic mass is 9.79. The van der Waals surface area contributed by atoms with Crippen LogP contribution in [0.5, 0.6) is 0 Å². The number of anilines is 6. The molecule has 0 amide bonds. The van der Waals surface area contributed by atoms with Crippen molar-refractivity contribution in [1.29, 1.82) is 0 Å². The molecule has 6 aromatic rings. The average Bonchev–Trinajstić information content (AvgIpc) is 3.59. The molecule has 1 aliphatic rings. The number of ether oxygens (including phenoxy) is 1. The van der Waals surface area contributed by atoms with E-state index in [-0.39, 0.29) is 11.9 Å². The van der Waals surface area contributed by atoms with Crippen LogP contribution in [0.2, 0.25) is 0 Å². The fraction of sp³-hybridized carbons (Fsp3) is 0.327. The Bertz CT molecular complexity index is 2210. The first kappa shape index (κ1) is 46.1. The zero-order valence-corrected chi connectivity index (χ0v) is 39.7. The minimum Gasteiger partial charge on any atom is -0.441 e. The minimum atomic E-state index is -0.985. The number of hydrogen-bond acceptors (Lipinski definition) is 8. The number of esters is 1. The van der Waals surface area contributed by atoms with Crippen molar-refractivity contribution in [3.63, 3.8) is 0 Å². The molecule has 0 fully saturated rings. The molecule has 7 rings (SSSR count). The van der Waals surface area contributed by atoms with E-state index in [9.17, 15) is 4.79 Å². The number of carbonyl (C=O) groups is 1. The fourth-order valence-corrected chi connectivity index (χ4v) is 8.42. The molecule has 1 heterocycles. The lowest BCUT2D eigenvalue weighted by Crippen LogP contribution is -2.30. The van der Waals surface area contributed by atoms with Crippen molar-refractivity contribution in [2.45, 2.75) is 38.2 Å². The summed E-state index contributed by atoms with van der Waals surface area (Å²) in [4.78, 5) is 26.3. The van der Waals surface area contributed by atoms with Crippen molar-refractivity contribution in [1.82, 2.24) is 0 Å². The molecular formula is C55H68N6O2. The summed E-state index contributed by atoms with van der Waals surface area (Å²) in [5, 5.41) is 0. The molecular weight excluding hydrogens is 777 g/mol. The van der Waals surface area contributed by atoms with Crippen molar-refractivity contribution in [3.05, 3.63) is 178 Å². The van der Waals surface area contributed by atoms with Crippen molar-refractivity contribution in [2.24, 2.45) is 0 Å². The normalized spacial score (nSPS) is 12.5. The van der Waals surface area contributed by atoms with Gasteiger partial charge in [0, 0.05) is 140 Å². The van der Waals surface area contributed by atoms with Gasteiger partial charge in [-0.3, -0.25) is 0 Å². The average molecular weight is 845 g/mol. The van der Waals surface area contributed by atoms with Crippen LogP contribution in [-0.2, 0) is 10.3 Å². The van der Waals surface area contributed by atoms with Crippen LogP contribution in [0.25, 0.3) is 0 Å². The number of carbonyl (C=O) groups excluding carboxylic acids is 1. The third-order valence-electron chi connectivity index (χ3n) is 12.0. The van der Waals surface area contributed by atoms with E-state index in [2.05, 4.69) is 219 Å². The highest BCUT2D eigenvalue weighted by atomic mass is 16.6. The molecule has 0 saturated heterocycles. The van der Waals surface area contributed by atoms with Crippen LogP contribution >= 0.6 is 0 Å². The lowest BCUT2D eigenvalue weighted by molar-refractivity contribution is 0.0251. The van der Waals surface area contributed by atoms with Crippen molar-refractivity contribution >= 4 is 40.1 Å². The van der Waals surface area contributed by atoms with Gasteiger partial charge in [0.1, 0.15) is 0 Å². The van der Waals surface area contributed by atoms with Gasteiger partial charge in [-0.25, -0.2) is 4.79 Å². The Hall–Kier alpha value is -6.41. The summed E-state index contributed by atoms with van der Waals surface area (Å²) in [7, 11) is 20.5. The van der Waals surface area contributed by atoms with Gasteiger partial charge in [-0.15, -0.1) is 0 Å². The zero-order chi connectivity index (χ0) is 45.4. The van der Waals surface area contributed by atoms with Crippen LogP contribution < -0.4 is 29.4 Å². The summed E-state index contributed by atoms with van der Waals surface area (Å²) in [6, 6.07) is 49.6. The molecule has 0 N–H and O–H groups in total. The van der Waals surface area contributed by atoms with E-state index >= 15 is 0 Å². The molecule has 8 heteroatoms. The maximum atomic E-state index is 13.4. The summed E-state index contributed by atoms with van der Waals surface area (Å²) < 4.78 is 6.36. The van der Waals surface area contributed by atoms with Gasteiger partial charge >= 0.3 is 5.97 Å². The first-order chi connectivity index (χ1) is 30.2. The smallest absolute Gasteiger partial charge is 0.340 e. The zero-order valence-electron chi connectivity index (χ0n) is 39.7. The van der Waals surface area contributed by atoms with E-state index in [1.165, 1.54) is 33.8 Å². The molecule has 8 nitrogen and oxygen atoms in total. The van der Waals surface area contributed by atoms with E-state index < -0.39 is 5.60 Å². The highest BCUT2D eigenvalue weighted by molar-refractivity contribution is 5.97. The van der Waals surface area contributed by atoms with E-state index in [1.807, 2.05) is 34.3 Å². The Balaban J connectivity index is 0.000000215. The molecule has 0 atom stereocenters. The Morgan fingerprint density at radius 3 is 1.03 bits per heavy atom. The molecule has 0 aliphatic carbocycles. The Kier molecular flexibility index (Phi) is 14.8. The number of hydrogen-bond donors (Lipinski definition) is 0. The fourth-order valence-electron chi connectivity index (χ4n) is 8.42. The lowest BCUT2D eigenvalue weighted by Gasteiger charge is -2.31. The molecule has 0 aromatic heterocycles. The molecule has 330 valence electrons. The second-order valence-electron chi connectivity index (χ2n) is 17.6. The standard InChI is InChI=1S/C30H37N3O2.C25H31N3/c1-7-19-33(20-8-2)26-17-18-28-27(21-26)29(34)35-30(28,22-9-13-24(14-10-22)31(3)4)23-11-15-25(16-12-23)32(5)6;1-26(2)22-13-7-19(8-14-22)25(20-9-15-23(16-10-20)27(3)4)21-11-17-24(18-12-21)28(5)6/h9-18,21H,7-8,19-20H2,1-6H3;7-18,25H,1-6H3. The maximum Gasteiger partial charge on any atom is 0.340 e. The summed E-state index contributed by atoms with van der Waals surface area (Å²) in [6.45, 7) is 6.30. The van der Waals surface area contributed by atoms with Crippen LogP contribution in [0, 0.1) is 0 Å².